The number of piperidine rings is 1. The Labute approximate surface area is 90.6 Å². The largest absolute Gasteiger partial charge is 0.497 e. The molecule has 2 saturated heterocycles. The van der Waals surface area contributed by atoms with Crippen LogP contribution in [0.2, 0.25) is 0 Å². The summed E-state index contributed by atoms with van der Waals surface area (Å²) in [7, 11) is 1.73. The number of methoxy groups -OCH3 is 1. The van der Waals surface area contributed by atoms with E-state index in [9.17, 15) is 0 Å². The van der Waals surface area contributed by atoms with Crippen LogP contribution in [0.25, 0.3) is 0 Å². The number of hydrogen-bond donors (Lipinski definition) is 1. The maximum absolute atomic E-state index is 5.28. The summed E-state index contributed by atoms with van der Waals surface area (Å²) in [4.78, 5) is 0. The summed E-state index contributed by atoms with van der Waals surface area (Å²) in [6.45, 7) is 0. The van der Waals surface area contributed by atoms with Crippen LogP contribution in [-0.4, -0.2) is 13.2 Å². The Morgan fingerprint density at radius 1 is 1.47 bits per heavy atom. The van der Waals surface area contributed by atoms with Crippen molar-refractivity contribution < 1.29 is 4.74 Å². The van der Waals surface area contributed by atoms with Gasteiger partial charge in [-0.05, 0) is 43.4 Å². The molecule has 0 aromatic heterocycles. The minimum Gasteiger partial charge on any atom is -0.497 e. The van der Waals surface area contributed by atoms with Gasteiger partial charge in [-0.15, -0.1) is 0 Å². The summed E-state index contributed by atoms with van der Waals surface area (Å²) in [5.41, 5.74) is 1.68. The molecule has 0 spiro atoms. The molecule has 1 aromatic rings. The lowest BCUT2D eigenvalue weighted by atomic mass is 9.67. The van der Waals surface area contributed by atoms with Crippen LogP contribution in [0, 0.1) is 0 Å². The van der Waals surface area contributed by atoms with E-state index in [1.807, 2.05) is 6.07 Å². The fraction of sp³-hybridized carbons (Fsp3) is 0.538. The molecule has 1 aromatic carbocycles. The number of ether oxygens (including phenoxy) is 1. The third-order valence-corrected chi connectivity index (χ3v) is 3.85. The zero-order chi connectivity index (χ0) is 10.3. The Bertz CT molecular complexity index is 363. The van der Waals surface area contributed by atoms with Crippen molar-refractivity contribution >= 4 is 0 Å². The number of benzene rings is 1. The van der Waals surface area contributed by atoms with Crippen molar-refractivity contribution in [1.82, 2.24) is 5.32 Å². The highest BCUT2D eigenvalue weighted by atomic mass is 16.5. The summed E-state index contributed by atoms with van der Waals surface area (Å²) in [5.74, 6) is 0.970. The van der Waals surface area contributed by atoms with E-state index in [-0.39, 0.29) is 5.54 Å². The highest BCUT2D eigenvalue weighted by Gasteiger charge is 2.47. The molecule has 2 heteroatoms. The Kier molecular flexibility index (Phi) is 1.99. The van der Waals surface area contributed by atoms with E-state index in [0.717, 1.165) is 11.8 Å². The van der Waals surface area contributed by atoms with E-state index in [1.54, 1.807) is 7.11 Å². The predicted molar refractivity (Wildman–Crippen MR) is 60.1 cm³/mol. The van der Waals surface area contributed by atoms with Gasteiger partial charge in [0, 0.05) is 11.6 Å². The monoisotopic (exact) mass is 203 g/mol. The van der Waals surface area contributed by atoms with Crippen molar-refractivity contribution in [3.05, 3.63) is 29.8 Å². The Balaban J connectivity index is 1.91. The maximum atomic E-state index is 5.28. The molecule has 3 fully saturated rings. The number of nitrogens with one attached hydrogen (secondary N) is 1. The average molecular weight is 203 g/mol. The smallest absolute Gasteiger partial charge is 0.119 e. The first-order chi connectivity index (χ1) is 7.32. The first kappa shape index (κ1) is 9.22. The first-order valence-electron chi connectivity index (χ1n) is 5.75. The molecule has 1 aliphatic carbocycles. The predicted octanol–water partition coefficient (Wildman–Crippen LogP) is 2.44. The molecular formula is C13H17NO. The van der Waals surface area contributed by atoms with Crippen LogP contribution < -0.4 is 10.1 Å². The maximum Gasteiger partial charge on any atom is 0.119 e. The van der Waals surface area contributed by atoms with Crippen LogP contribution >= 0.6 is 0 Å². The van der Waals surface area contributed by atoms with Crippen LogP contribution in [0.3, 0.4) is 0 Å². The van der Waals surface area contributed by atoms with E-state index < -0.39 is 0 Å². The number of hydrogen-bond acceptors (Lipinski definition) is 2. The van der Waals surface area contributed by atoms with Crippen LogP contribution in [-0.2, 0) is 5.54 Å². The fourth-order valence-electron chi connectivity index (χ4n) is 3.06. The van der Waals surface area contributed by atoms with Crippen LogP contribution in [0.5, 0.6) is 5.75 Å². The van der Waals surface area contributed by atoms with Gasteiger partial charge in [0.1, 0.15) is 5.75 Å². The molecule has 2 bridgehead atoms. The fourth-order valence-corrected chi connectivity index (χ4v) is 3.06. The quantitative estimate of drug-likeness (QED) is 0.797. The topological polar surface area (TPSA) is 21.3 Å². The second kappa shape index (κ2) is 3.24. The molecule has 3 aliphatic rings. The molecule has 15 heavy (non-hydrogen) atoms. The Hall–Kier alpha value is -1.02. The first-order valence-corrected chi connectivity index (χ1v) is 5.75. The zero-order valence-corrected chi connectivity index (χ0v) is 9.12. The molecule has 2 aliphatic heterocycles. The summed E-state index contributed by atoms with van der Waals surface area (Å²) >= 11 is 0. The molecule has 2 heterocycles. The molecule has 2 atom stereocenters. The lowest BCUT2D eigenvalue weighted by Gasteiger charge is -2.54. The van der Waals surface area contributed by atoms with Crippen molar-refractivity contribution in [2.24, 2.45) is 0 Å². The van der Waals surface area contributed by atoms with Gasteiger partial charge < -0.3 is 10.1 Å². The van der Waals surface area contributed by atoms with Crippen molar-refractivity contribution in [3.63, 3.8) is 0 Å². The van der Waals surface area contributed by atoms with Crippen molar-refractivity contribution in [2.75, 3.05) is 7.11 Å². The molecule has 0 radical (unpaired) electrons. The molecule has 1 saturated carbocycles. The second-order valence-electron chi connectivity index (χ2n) is 4.75. The van der Waals surface area contributed by atoms with Gasteiger partial charge in [0.25, 0.3) is 0 Å². The van der Waals surface area contributed by atoms with Crippen LogP contribution in [0.4, 0.5) is 0 Å². The molecule has 80 valence electrons. The van der Waals surface area contributed by atoms with E-state index in [4.69, 9.17) is 4.74 Å². The lowest BCUT2D eigenvalue weighted by Crippen LogP contribution is -2.63. The third kappa shape index (κ3) is 1.36. The van der Waals surface area contributed by atoms with Gasteiger partial charge in [0.05, 0.1) is 7.11 Å². The molecule has 0 amide bonds. The molecular weight excluding hydrogens is 186 g/mol. The highest BCUT2D eigenvalue weighted by molar-refractivity contribution is 5.36. The second-order valence-corrected chi connectivity index (χ2v) is 4.75. The molecule has 1 N–H and O–H groups in total. The summed E-state index contributed by atoms with van der Waals surface area (Å²) in [6.07, 6.45) is 5.29. The molecule has 2 unspecified atom stereocenters. The minimum absolute atomic E-state index is 0.275. The van der Waals surface area contributed by atoms with Gasteiger partial charge in [-0.2, -0.15) is 0 Å². The highest BCUT2D eigenvalue weighted by Crippen LogP contribution is 2.46. The van der Waals surface area contributed by atoms with Crippen LogP contribution in [0.1, 0.15) is 31.2 Å². The molecule has 4 rings (SSSR count). The summed E-state index contributed by atoms with van der Waals surface area (Å²) < 4.78 is 5.28. The standard InChI is InChI=1S/C13H17NO/c1-15-12-6-2-4-10(8-12)13-7-3-5-11(9-13)14-13/h2,4,6,8,11,14H,3,5,7,9H2,1H3. The van der Waals surface area contributed by atoms with E-state index >= 15 is 0 Å². The van der Waals surface area contributed by atoms with Crippen molar-refractivity contribution in [2.45, 2.75) is 37.3 Å². The van der Waals surface area contributed by atoms with Crippen LogP contribution in [0.15, 0.2) is 24.3 Å². The van der Waals surface area contributed by atoms with E-state index in [1.165, 1.54) is 31.2 Å². The van der Waals surface area contributed by atoms with Gasteiger partial charge in [-0.3, -0.25) is 0 Å². The normalized spacial score (nSPS) is 33.3. The number of fused-ring (bicyclic) bond motifs is 2. The van der Waals surface area contributed by atoms with E-state index in [0.29, 0.717) is 0 Å². The summed E-state index contributed by atoms with van der Waals surface area (Å²) in [6, 6.07) is 9.27. The third-order valence-electron chi connectivity index (χ3n) is 3.85. The van der Waals surface area contributed by atoms with Gasteiger partial charge in [0.2, 0.25) is 0 Å². The van der Waals surface area contributed by atoms with Gasteiger partial charge in [-0.25, -0.2) is 0 Å². The number of rotatable bonds is 2. The van der Waals surface area contributed by atoms with Crippen molar-refractivity contribution in [1.29, 1.82) is 0 Å². The van der Waals surface area contributed by atoms with Gasteiger partial charge >= 0.3 is 0 Å². The van der Waals surface area contributed by atoms with E-state index in [2.05, 4.69) is 23.5 Å². The SMILES string of the molecule is COc1cccc(C23CCCC(C2)N3)c1. The average Bonchev–Trinajstić information content (AvgIpc) is 2.29. The zero-order valence-electron chi connectivity index (χ0n) is 9.12. The van der Waals surface area contributed by atoms with Gasteiger partial charge in [-0.1, -0.05) is 12.1 Å². The Morgan fingerprint density at radius 3 is 3.00 bits per heavy atom. The minimum atomic E-state index is 0.275. The van der Waals surface area contributed by atoms with Gasteiger partial charge in [0.15, 0.2) is 0 Å². The Morgan fingerprint density at radius 2 is 2.33 bits per heavy atom. The summed E-state index contributed by atoms with van der Waals surface area (Å²) in [5, 5.41) is 3.70. The van der Waals surface area contributed by atoms with Crippen molar-refractivity contribution in [3.8, 4) is 5.75 Å². The molecule has 2 nitrogen and oxygen atoms in total. The lowest BCUT2D eigenvalue weighted by molar-refractivity contribution is 0.0686.